The van der Waals surface area contributed by atoms with Crippen molar-refractivity contribution in [1.29, 1.82) is 0 Å². The number of carbonyl (C=O) groups is 3. The summed E-state index contributed by atoms with van der Waals surface area (Å²) in [4.78, 5) is 37.6. The van der Waals surface area contributed by atoms with Gasteiger partial charge in [0, 0.05) is 12.8 Å². The molecule has 2 atom stereocenters. The summed E-state index contributed by atoms with van der Waals surface area (Å²) in [6, 6.07) is 0. The zero-order valence-electron chi connectivity index (χ0n) is 67.5. The minimum absolute atomic E-state index is 0.130. The van der Waals surface area contributed by atoms with E-state index in [1.807, 2.05) is 21.1 Å². The van der Waals surface area contributed by atoms with E-state index >= 15 is 0 Å². The molecule has 0 aliphatic heterocycles. The normalized spacial score (nSPS) is 13.8. The first-order valence-electron chi connectivity index (χ1n) is 41.9. The molecule has 9 nitrogen and oxygen atoms in total. The molecule has 0 aliphatic rings. The number of esters is 2. The largest absolute Gasteiger partial charge is 0.545 e. The van der Waals surface area contributed by atoms with Crippen LogP contribution >= 0.6 is 0 Å². The first kappa shape index (κ1) is 98.6. The second-order valence-corrected chi connectivity index (χ2v) is 28.3. The maximum absolute atomic E-state index is 13.0. The van der Waals surface area contributed by atoms with Crippen LogP contribution in [0.3, 0.4) is 0 Å². The molecule has 590 valence electrons. The van der Waals surface area contributed by atoms with Crippen molar-refractivity contribution in [3.63, 3.8) is 0 Å². The van der Waals surface area contributed by atoms with Gasteiger partial charge in [0.25, 0.3) is 0 Å². The van der Waals surface area contributed by atoms with Crippen LogP contribution in [0, 0.1) is 0 Å². The van der Waals surface area contributed by atoms with Crippen LogP contribution < -0.4 is 5.11 Å². The Bertz CT molecular complexity index is 2550. The number of ether oxygens (including phenoxy) is 4. The molecule has 0 aliphatic carbocycles. The maximum atomic E-state index is 13.0. The van der Waals surface area contributed by atoms with E-state index < -0.39 is 24.3 Å². The van der Waals surface area contributed by atoms with Crippen molar-refractivity contribution in [2.45, 2.75) is 322 Å². The van der Waals surface area contributed by atoms with Crippen LogP contribution in [0.25, 0.3) is 0 Å². The third kappa shape index (κ3) is 84.7. The molecule has 0 amide bonds. The fourth-order valence-electron chi connectivity index (χ4n) is 10.9. The van der Waals surface area contributed by atoms with Crippen molar-refractivity contribution in [2.75, 3.05) is 47.5 Å². The van der Waals surface area contributed by atoms with Crippen LogP contribution in [-0.2, 0) is 33.3 Å². The summed E-state index contributed by atoms with van der Waals surface area (Å²) in [5, 5.41) is 11.9. The van der Waals surface area contributed by atoms with Crippen LogP contribution in [0.5, 0.6) is 0 Å². The van der Waals surface area contributed by atoms with E-state index in [9.17, 15) is 19.5 Å². The van der Waals surface area contributed by atoms with Crippen molar-refractivity contribution < 1.29 is 42.9 Å². The summed E-state index contributed by atoms with van der Waals surface area (Å²) in [5.41, 5.74) is 0. The number of rotatable bonds is 75. The molecule has 0 aromatic carbocycles. The molecule has 0 N–H and O–H groups in total. The highest BCUT2D eigenvalue weighted by Crippen LogP contribution is 2.17. The molecule has 0 heterocycles. The number of aliphatic carboxylic acids is 1. The van der Waals surface area contributed by atoms with Gasteiger partial charge in [-0.2, -0.15) is 0 Å². The molecule has 0 aromatic rings. The van der Waals surface area contributed by atoms with Gasteiger partial charge in [-0.25, -0.2) is 0 Å². The van der Waals surface area contributed by atoms with Crippen molar-refractivity contribution in [2.24, 2.45) is 0 Å². The summed E-state index contributed by atoms with van der Waals surface area (Å²) in [6.07, 6.45) is 128. The molecule has 105 heavy (non-hydrogen) atoms. The Labute approximate surface area is 645 Å². The van der Waals surface area contributed by atoms with E-state index in [1.54, 1.807) is 0 Å². The molecule has 2 unspecified atom stereocenters. The highest BCUT2D eigenvalue weighted by molar-refractivity contribution is 5.70. The highest BCUT2D eigenvalue weighted by atomic mass is 16.7. The topological polar surface area (TPSA) is 111 Å². The Hall–Kier alpha value is -6.39. The quantitative estimate of drug-likeness (QED) is 0.0195. The van der Waals surface area contributed by atoms with E-state index in [4.69, 9.17) is 18.9 Å². The standard InChI is InChI=1S/C96H153NO8/c1-6-8-10-12-14-16-18-20-22-24-26-28-30-32-34-36-38-40-42-44-46-47-49-50-52-54-56-58-60-62-64-66-68-70-72-74-76-78-80-82-84-86-93(98)103-90-92(91-104-96(95(100)101)102-89-88-97(3,4)5)105-94(99)87-85-83-81-79-77-75-73-71-69-67-65-63-61-59-57-55-53-51-48-45-43-41-39-37-35-33-31-29-27-25-23-21-19-17-15-13-11-9-7-2/h8-11,14-17,20-23,26-29,32-35,38-41,45,48,53,55,59,61,65,67,71,73,77,79,92,96H,6-7,12-13,18-19,24-25,30-31,36-37,42-44,46-47,49-52,54,56-58,60,62-64,66,68-70,72,74-76,78,80-91H2,1-5H3/b10-8-,11-9-,16-14-,17-15-,22-20-,23-21-,28-26-,29-27-,34-32-,35-33-,40-38-,41-39-,48-45-,55-53-,61-59-,67-65-,73-71-,79-77-. The minimum Gasteiger partial charge on any atom is -0.545 e. The Morgan fingerprint density at radius 1 is 0.286 bits per heavy atom. The van der Waals surface area contributed by atoms with Gasteiger partial charge in [-0.15, -0.1) is 0 Å². The number of hydrogen-bond acceptors (Lipinski definition) is 8. The highest BCUT2D eigenvalue weighted by Gasteiger charge is 2.22. The second-order valence-electron chi connectivity index (χ2n) is 28.3. The maximum Gasteiger partial charge on any atom is 0.306 e. The second kappa shape index (κ2) is 83.3. The molecule has 0 radical (unpaired) electrons. The van der Waals surface area contributed by atoms with Gasteiger partial charge < -0.3 is 33.3 Å². The first-order chi connectivity index (χ1) is 51.6. The predicted molar refractivity (Wildman–Crippen MR) is 453 cm³/mol. The average Bonchev–Trinajstić information content (AvgIpc) is 1.97. The Morgan fingerprint density at radius 2 is 0.514 bits per heavy atom. The van der Waals surface area contributed by atoms with Crippen molar-refractivity contribution >= 4 is 17.9 Å². The number of allylic oxidation sites excluding steroid dienone is 36. The number of carboxylic acid groups (broad SMARTS) is 1. The third-order valence-corrected chi connectivity index (χ3v) is 17.2. The molecule has 0 saturated carbocycles. The molecular weight excluding hydrogens is 1300 g/mol. The number of quaternary nitrogens is 1. The van der Waals surface area contributed by atoms with Crippen LogP contribution in [0.4, 0.5) is 0 Å². The van der Waals surface area contributed by atoms with Crippen LogP contribution in [0.1, 0.15) is 309 Å². The number of carboxylic acids is 1. The lowest BCUT2D eigenvalue weighted by Gasteiger charge is -2.26. The van der Waals surface area contributed by atoms with Gasteiger partial charge in [0.2, 0.25) is 0 Å². The molecule has 0 saturated heterocycles. The van der Waals surface area contributed by atoms with E-state index in [0.717, 1.165) is 148 Å². The van der Waals surface area contributed by atoms with E-state index in [-0.39, 0.29) is 38.6 Å². The van der Waals surface area contributed by atoms with E-state index in [0.29, 0.717) is 17.4 Å². The van der Waals surface area contributed by atoms with Crippen molar-refractivity contribution in [3.8, 4) is 0 Å². The number of carbonyl (C=O) groups excluding carboxylic acids is 3. The molecule has 0 rings (SSSR count). The number of nitrogens with zero attached hydrogens (tertiary/aromatic N) is 1. The molecule has 0 aromatic heterocycles. The van der Waals surface area contributed by atoms with Gasteiger partial charge >= 0.3 is 11.9 Å². The Balaban J connectivity index is 4.13. The van der Waals surface area contributed by atoms with Crippen molar-refractivity contribution in [1.82, 2.24) is 0 Å². The van der Waals surface area contributed by atoms with Gasteiger partial charge in [0.15, 0.2) is 12.4 Å². The minimum atomic E-state index is -1.65. The van der Waals surface area contributed by atoms with Gasteiger partial charge in [0.05, 0.1) is 40.3 Å². The molecular formula is C96H153NO8. The van der Waals surface area contributed by atoms with Gasteiger partial charge in [0.1, 0.15) is 13.2 Å². The molecule has 0 bridgehead atoms. The predicted octanol–water partition coefficient (Wildman–Crippen LogP) is 26.3. The third-order valence-electron chi connectivity index (χ3n) is 17.2. The lowest BCUT2D eigenvalue weighted by Crippen LogP contribution is -2.44. The number of unbranched alkanes of at least 4 members (excludes halogenated alkanes) is 24. The lowest BCUT2D eigenvalue weighted by molar-refractivity contribution is -0.870. The fourth-order valence-corrected chi connectivity index (χ4v) is 10.9. The van der Waals surface area contributed by atoms with Gasteiger partial charge in [-0.1, -0.05) is 361 Å². The summed E-state index contributed by atoms with van der Waals surface area (Å²) in [6.45, 7) is 4.46. The monoisotopic (exact) mass is 1450 g/mol. The van der Waals surface area contributed by atoms with Gasteiger partial charge in [-0.05, 0) is 154 Å². The van der Waals surface area contributed by atoms with E-state index in [2.05, 4.69) is 233 Å². The zero-order chi connectivity index (χ0) is 76.0. The van der Waals surface area contributed by atoms with Crippen LogP contribution in [0.2, 0.25) is 0 Å². The SMILES string of the molecule is CC/C=C\C/C=C\C/C=C\C/C=C\C/C=C\C/C=C\C/C=C\C/C=C\C/C=C\C/C=C\C/C=C\C/C=C\CCCCC(=O)OC(COC(=O)CCCCCCCCCCCCCCCCCCCCCCCC/C=C\C/C=C\C/C=C\C/C=C\C/C=C\C/C=C\CC)COC(OCC[N+](C)(C)C)C(=O)[O-]. The summed E-state index contributed by atoms with van der Waals surface area (Å²) >= 11 is 0. The Morgan fingerprint density at radius 3 is 0.781 bits per heavy atom. The number of hydrogen-bond donors (Lipinski definition) is 0. The smallest absolute Gasteiger partial charge is 0.306 e. The van der Waals surface area contributed by atoms with Crippen LogP contribution in [-0.4, -0.2) is 82.3 Å². The lowest BCUT2D eigenvalue weighted by atomic mass is 10.0. The first-order valence-corrected chi connectivity index (χ1v) is 41.9. The molecule has 0 fully saturated rings. The summed E-state index contributed by atoms with van der Waals surface area (Å²) in [5.74, 6) is -2.35. The molecule has 9 heteroatoms. The number of likely N-dealkylation sites (N-methyl/N-ethyl adjacent to an activating group) is 1. The van der Waals surface area contributed by atoms with Crippen molar-refractivity contribution in [3.05, 3.63) is 219 Å². The molecule has 0 spiro atoms. The fraction of sp³-hybridized carbons (Fsp3) is 0.594. The van der Waals surface area contributed by atoms with Crippen LogP contribution in [0.15, 0.2) is 219 Å². The summed E-state index contributed by atoms with van der Waals surface area (Å²) < 4.78 is 22.8. The van der Waals surface area contributed by atoms with E-state index in [1.165, 1.54) is 128 Å². The summed E-state index contributed by atoms with van der Waals surface area (Å²) in [7, 11) is 5.91. The van der Waals surface area contributed by atoms with Gasteiger partial charge in [-0.3, -0.25) is 9.59 Å². The Kier molecular flexibility index (Phi) is 78.2. The zero-order valence-corrected chi connectivity index (χ0v) is 67.5. The average molecular weight is 1450 g/mol.